The summed E-state index contributed by atoms with van der Waals surface area (Å²) in [5, 5.41) is 10.8. The average Bonchev–Trinajstić information content (AvgIpc) is 3.01. The van der Waals surface area contributed by atoms with Gasteiger partial charge in [0.25, 0.3) is 0 Å². The summed E-state index contributed by atoms with van der Waals surface area (Å²) in [5.41, 5.74) is 0. The summed E-state index contributed by atoms with van der Waals surface area (Å²) in [4.78, 5) is 9.00. The number of hydrogen-bond acceptors (Lipinski definition) is 4. The molecule has 0 saturated carbocycles. The lowest BCUT2D eigenvalue weighted by molar-refractivity contribution is 0.372. The highest BCUT2D eigenvalue weighted by molar-refractivity contribution is 5.80. The van der Waals surface area contributed by atoms with Gasteiger partial charge < -0.3 is 15.2 Å². The minimum absolute atomic E-state index is 0.290. The Morgan fingerprint density at radius 3 is 2.58 bits per heavy atom. The third-order valence-electron chi connectivity index (χ3n) is 3.81. The molecule has 0 fully saturated rings. The Bertz CT molecular complexity index is 470. The van der Waals surface area contributed by atoms with Crippen molar-refractivity contribution >= 4 is 5.96 Å². The largest absolute Gasteiger partial charge is 0.357 e. The number of nitrogens with one attached hydrogen (secondary N) is 2. The maximum atomic E-state index is 5.25. The highest BCUT2D eigenvalue weighted by Crippen LogP contribution is 2.09. The molecule has 0 aliphatic heterocycles. The first-order valence-electron chi connectivity index (χ1n) is 9.44. The van der Waals surface area contributed by atoms with Crippen LogP contribution in [-0.4, -0.2) is 35.2 Å². The third kappa shape index (κ3) is 8.31. The molecule has 138 valence electrons. The molecule has 0 radical (unpaired) electrons. The van der Waals surface area contributed by atoms with Crippen LogP contribution in [0.4, 0.5) is 0 Å². The van der Waals surface area contributed by atoms with Crippen LogP contribution < -0.4 is 10.6 Å². The van der Waals surface area contributed by atoms with Gasteiger partial charge in [-0.15, -0.1) is 0 Å². The molecule has 1 rings (SSSR count). The lowest BCUT2D eigenvalue weighted by Gasteiger charge is -2.17. The lowest BCUT2D eigenvalue weighted by atomic mass is 10.1. The molecule has 1 heterocycles. The smallest absolute Gasteiger partial charge is 0.228 e. The second-order valence-corrected chi connectivity index (χ2v) is 6.61. The van der Waals surface area contributed by atoms with E-state index in [4.69, 9.17) is 4.52 Å². The summed E-state index contributed by atoms with van der Waals surface area (Å²) in [5.74, 6) is 2.58. The van der Waals surface area contributed by atoms with Crippen LogP contribution >= 0.6 is 0 Å². The normalized spacial score (nSPS) is 13.3. The number of guanidine groups is 1. The van der Waals surface area contributed by atoms with Crippen molar-refractivity contribution < 1.29 is 4.52 Å². The minimum Gasteiger partial charge on any atom is -0.357 e. The van der Waals surface area contributed by atoms with Crippen LogP contribution in [0.25, 0.3) is 0 Å². The SMILES string of the molecule is CCCCCCC(C)NC(=NCCc1nc(C(C)C)no1)NCC. The van der Waals surface area contributed by atoms with E-state index in [1.807, 2.05) is 0 Å². The monoisotopic (exact) mass is 337 g/mol. The summed E-state index contributed by atoms with van der Waals surface area (Å²) in [6, 6.07) is 0.426. The number of nitrogens with zero attached hydrogens (tertiary/aromatic N) is 3. The van der Waals surface area contributed by atoms with E-state index in [1.165, 1.54) is 32.1 Å². The molecule has 6 nitrogen and oxygen atoms in total. The average molecular weight is 338 g/mol. The van der Waals surface area contributed by atoms with Gasteiger partial charge in [0.05, 0.1) is 6.54 Å². The van der Waals surface area contributed by atoms with E-state index in [0.717, 1.165) is 18.3 Å². The predicted octanol–water partition coefficient (Wildman–Crippen LogP) is 3.65. The number of unbranched alkanes of at least 4 members (excludes halogenated alkanes) is 3. The molecule has 2 N–H and O–H groups in total. The number of hydrogen-bond donors (Lipinski definition) is 2. The molecule has 0 spiro atoms. The van der Waals surface area contributed by atoms with Crippen molar-refractivity contribution in [3.8, 4) is 0 Å². The predicted molar refractivity (Wildman–Crippen MR) is 99.4 cm³/mol. The van der Waals surface area contributed by atoms with Crippen molar-refractivity contribution in [3.63, 3.8) is 0 Å². The fraction of sp³-hybridized carbons (Fsp3) is 0.833. The number of aliphatic imine (C=N–C) groups is 1. The molecule has 0 aliphatic rings. The molecule has 1 aromatic rings. The highest BCUT2D eigenvalue weighted by Gasteiger charge is 2.09. The van der Waals surface area contributed by atoms with Crippen LogP contribution in [0, 0.1) is 0 Å². The van der Waals surface area contributed by atoms with Crippen molar-refractivity contribution in [2.45, 2.75) is 85.1 Å². The fourth-order valence-electron chi connectivity index (χ4n) is 2.37. The van der Waals surface area contributed by atoms with Crippen molar-refractivity contribution in [1.82, 2.24) is 20.8 Å². The lowest BCUT2D eigenvalue weighted by Crippen LogP contribution is -2.42. The Kier molecular flexibility index (Phi) is 10.1. The second-order valence-electron chi connectivity index (χ2n) is 6.61. The molecule has 1 aromatic heterocycles. The first-order chi connectivity index (χ1) is 11.6. The second kappa shape index (κ2) is 11.9. The van der Waals surface area contributed by atoms with Gasteiger partial charge in [0.1, 0.15) is 0 Å². The van der Waals surface area contributed by atoms with Crippen LogP contribution in [0.2, 0.25) is 0 Å². The Morgan fingerprint density at radius 1 is 1.17 bits per heavy atom. The molecular weight excluding hydrogens is 302 g/mol. The van der Waals surface area contributed by atoms with E-state index in [2.05, 4.69) is 60.4 Å². The molecule has 1 unspecified atom stereocenters. The van der Waals surface area contributed by atoms with Crippen molar-refractivity contribution in [3.05, 3.63) is 11.7 Å². The summed E-state index contributed by atoms with van der Waals surface area (Å²) in [7, 11) is 0. The molecule has 0 amide bonds. The molecule has 6 heteroatoms. The molecular formula is C18H35N5O. The molecule has 0 bridgehead atoms. The summed E-state index contributed by atoms with van der Waals surface area (Å²) < 4.78 is 5.25. The molecule has 0 aromatic carbocycles. The molecule has 1 atom stereocenters. The van der Waals surface area contributed by atoms with Crippen LogP contribution in [-0.2, 0) is 6.42 Å². The van der Waals surface area contributed by atoms with Crippen LogP contribution in [0.15, 0.2) is 9.52 Å². The number of aromatic nitrogens is 2. The zero-order chi connectivity index (χ0) is 17.8. The Labute approximate surface area is 146 Å². The van der Waals surface area contributed by atoms with Gasteiger partial charge >= 0.3 is 0 Å². The first kappa shape index (κ1) is 20.5. The zero-order valence-corrected chi connectivity index (χ0v) is 16.1. The van der Waals surface area contributed by atoms with Gasteiger partial charge in [-0.05, 0) is 20.3 Å². The Hall–Kier alpha value is -1.59. The van der Waals surface area contributed by atoms with Gasteiger partial charge in [-0.25, -0.2) is 0 Å². The van der Waals surface area contributed by atoms with Crippen molar-refractivity contribution in [2.24, 2.45) is 4.99 Å². The van der Waals surface area contributed by atoms with E-state index in [0.29, 0.717) is 30.8 Å². The molecule has 0 aliphatic carbocycles. The van der Waals surface area contributed by atoms with Crippen LogP contribution in [0.5, 0.6) is 0 Å². The quantitative estimate of drug-likeness (QED) is 0.366. The highest BCUT2D eigenvalue weighted by atomic mass is 16.5. The van der Waals surface area contributed by atoms with Gasteiger partial charge in [0, 0.05) is 24.9 Å². The maximum Gasteiger partial charge on any atom is 0.228 e. The topological polar surface area (TPSA) is 75.3 Å². The summed E-state index contributed by atoms with van der Waals surface area (Å²) in [6.07, 6.45) is 7.02. The van der Waals surface area contributed by atoms with E-state index in [1.54, 1.807) is 0 Å². The van der Waals surface area contributed by atoms with E-state index in [9.17, 15) is 0 Å². The van der Waals surface area contributed by atoms with Gasteiger partial charge in [-0.2, -0.15) is 4.98 Å². The standard InChI is InChI=1S/C18H35N5O/c1-6-8-9-10-11-15(5)21-18(19-7-2)20-13-12-16-22-17(14(3)4)23-24-16/h14-15H,6-13H2,1-5H3,(H2,19,20,21). The number of rotatable bonds is 11. The van der Waals surface area contributed by atoms with E-state index < -0.39 is 0 Å². The summed E-state index contributed by atoms with van der Waals surface area (Å²) in [6.45, 7) is 12.1. The van der Waals surface area contributed by atoms with Crippen LogP contribution in [0.3, 0.4) is 0 Å². The zero-order valence-electron chi connectivity index (χ0n) is 16.1. The minimum atomic E-state index is 0.290. The third-order valence-corrected chi connectivity index (χ3v) is 3.81. The van der Waals surface area contributed by atoms with Gasteiger partial charge in [0.15, 0.2) is 11.8 Å². The first-order valence-corrected chi connectivity index (χ1v) is 9.44. The molecule has 24 heavy (non-hydrogen) atoms. The summed E-state index contributed by atoms with van der Waals surface area (Å²) >= 11 is 0. The fourth-order valence-corrected chi connectivity index (χ4v) is 2.37. The van der Waals surface area contributed by atoms with E-state index in [-0.39, 0.29) is 0 Å². The van der Waals surface area contributed by atoms with Crippen molar-refractivity contribution in [2.75, 3.05) is 13.1 Å². The maximum absolute atomic E-state index is 5.25. The van der Waals surface area contributed by atoms with E-state index >= 15 is 0 Å². The Morgan fingerprint density at radius 2 is 1.96 bits per heavy atom. The van der Waals surface area contributed by atoms with Gasteiger partial charge in [-0.3, -0.25) is 4.99 Å². The van der Waals surface area contributed by atoms with Crippen LogP contribution in [0.1, 0.15) is 84.4 Å². The van der Waals surface area contributed by atoms with Gasteiger partial charge in [0.2, 0.25) is 5.89 Å². The Balaban J connectivity index is 2.40. The van der Waals surface area contributed by atoms with Crippen molar-refractivity contribution in [1.29, 1.82) is 0 Å². The molecule has 0 saturated heterocycles. The van der Waals surface area contributed by atoms with Gasteiger partial charge in [-0.1, -0.05) is 51.6 Å².